The first kappa shape index (κ1) is 15.8. The molecular formula is C10H23NO4S. The number of sulfone groups is 1. The van der Waals surface area contributed by atoms with Gasteiger partial charge in [-0.15, -0.1) is 0 Å². The van der Waals surface area contributed by atoms with Gasteiger partial charge in [0, 0.05) is 19.3 Å². The summed E-state index contributed by atoms with van der Waals surface area (Å²) >= 11 is 0. The lowest BCUT2D eigenvalue weighted by atomic mass is 10.3. The van der Waals surface area contributed by atoms with Crippen molar-refractivity contribution in [1.82, 2.24) is 4.90 Å². The van der Waals surface area contributed by atoms with Gasteiger partial charge in [-0.3, -0.25) is 0 Å². The molecule has 0 amide bonds. The van der Waals surface area contributed by atoms with Gasteiger partial charge in [-0.1, -0.05) is 0 Å². The van der Waals surface area contributed by atoms with Crippen LogP contribution in [-0.4, -0.2) is 69.4 Å². The van der Waals surface area contributed by atoms with Gasteiger partial charge < -0.3 is 14.7 Å². The molecule has 1 N–H and O–H groups in total. The highest BCUT2D eigenvalue weighted by Crippen LogP contribution is 1.95. The Kier molecular flexibility index (Phi) is 7.14. The molecule has 0 aliphatic rings. The number of hydrogen-bond acceptors (Lipinski definition) is 5. The van der Waals surface area contributed by atoms with Crippen LogP contribution < -0.4 is 0 Å². The first-order chi connectivity index (χ1) is 7.20. The molecule has 0 bridgehead atoms. The second-order valence-corrected chi connectivity index (χ2v) is 6.69. The molecule has 0 saturated carbocycles. The first-order valence-electron chi connectivity index (χ1n) is 5.36. The molecule has 0 rings (SSSR count). The quantitative estimate of drug-likeness (QED) is 0.646. The van der Waals surface area contributed by atoms with Crippen LogP contribution in [0, 0.1) is 0 Å². The Balaban J connectivity index is 3.74. The van der Waals surface area contributed by atoms with Crippen molar-refractivity contribution in [3.63, 3.8) is 0 Å². The Labute approximate surface area is 98.3 Å². The minimum absolute atomic E-state index is 0.0935. The third kappa shape index (κ3) is 10.4. The van der Waals surface area contributed by atoms with Crippen molar-refractivity contribution in [2.75, 3.05) is 38.8 Å². The maximum Gasteiger partial charge on any atom is 0.148 e. The molecule has 0 aliphatic heterocycles. The van der Waals surface area contributed by atoms with E-state index in [2.05, 4.69) is 0 Å². The van der Waals surface area contributed by atoms with Gasteiger partial charge in [-0.2, -0.15) is 0 Å². The molecule has 0 radical (unpaired) electrons. The van der Waals surface area contributed by atoms with Crippen molar-refractivity contribution in [2.24, 2.45) is 0 Å². The van der Waals surface area contributed by atoms with Crippen LogP contribution in [-0.2, 0) is 14.6 Å². The van der Waals surface area contributed by atoms with Crippen LogP contribution in [0.3, 0.4) is 0 Å². The van der Waals surface area contributed by atoms with E-state index in [1.165, 1.54) is 6.26 Å². The molecular weight excluding hydrogens is 230 g/mol. The molecule has 6 heteroatoms. The van der Waals surface area contributed by atoms with E-state index in [0.29, 0.717) is 13.1 Å². The van der Waals surface area contributed by atoms with E-state index in [1.54, 1.807) is 11.9 Å². The summed E-state index contributed by atoms with van der Waals surface area (Å²) in [4.78, 5) is 1.79. The standard InChI is InChI=1S/C10H23NO4S/c1-9(2)15-8-10(12)7-11(3)5-6-16(4,13)14/h9-10,12H,5-8H2,1-4H3. The van der Waals surface area contributed by atoms with Gasteiger partial charge in [-0.05, 0) is 20.9 Å². The summed E-state index contributed by atoms with van der Waals surface area (Å²) in [6, 6.07) is 0. The summed E-state index contributed by atoms with van der Waals surface area (Å²) in [5, 5.41) is 9.58. The highest BCUT2D eigenvalue weighted by atomic mass is 32.2. The summed E-state index contributed by atoms with van der Waals surface area (Å²) < 4.78 is 27.1. The van der Waals surface area contributed by atoms with Crippen molar-refractivity contribution in [3.05, 3.63) is 0 Å². The molecule has 0 saturated heterocycles. The van der Waals surface area contributed by atoms with E-state index in [9.17, 15) is 13.5 Å². The van der Waals surface area contributed by atoms with Gasteiger partial charge >= 0.3 is 0 Å². The zero-order valence-electron chi connectivity index (χ0n) is 10.5. The average Bonchev–Trinajstić information content (AvgIpc) is 2.10. The van der Waals surface area contributed by atoms with Gasteiger partial charge in [0.05, 0.1) is 24.6 Å². The monoisotopic (exact) mass is 253 g/mol. The molecule has 16 heavy (non-hydrogen) atoms. The summed E-state index contributed by atoms with van der Waals surface area (Å²) in [7, 11) is -1.15. The van der Waals surface area contributed by atoms with Gasteiger partial charge in [-0.25, -0.2) is 8.42 Å². The van der Waals surface area contributed by atoms with Gasteiger partial charge in [0.25, 0.3) is 0 Å². The first-order valence-corrected chi connectivity index (χ1v) is 7.42. The number of aliphatic hydroxyl groups excluding tert-OH is 1. The summed E-state index contributed by atoms with van der Waals surface area (Å²) in [5.74, 6) is 0.112. The topological polar surface area (TPSA) is 66.8 Å². The molecule has 0 aromatic heterocycles. The smallest absolute Gasteiger partial charge is 0.148 e. The highest BCUT2D eigenvalue weighted by molar-refractivity contribution is 7.90. The molecule has 98 valence electrons. The molecule has 0 aliphatic carbocycles. The molecule has 0 heterocycles. The third-order valence-corrected chi connectivity index (χ3v) is 2.91. The fourth-order valence-corrected chi connectivity index (χ4v) is 1.77. The van der Waals surface area contributed by atoms with Crippen molar-refractivity contribution in [3.8, 4) is 0 Å². The molecule has 0 spiro atoms. The van der Waals surface area contributed by atoms with E-state index in [1.807, 2.05) is 13.8 Å². The molecule has 5 nitrogen and oxygen atoms in total. The number of hydrogen-bond donors (Lipinski definition) is 1. The van der Waals surface area contributed by atoms with E-state index in [0.717, 1.165) is 0 Å². The minimum Gasteiger partial charge on any atom is -0.389 e. The zero-order chi connectivity index (χ0) is 12.8. The minimum atomic E-state index is -2.94. The molecule has 0 aromatic rings. The molecule has 0 aromatic carbocycles. The normalized spacial score (nSPS) is 14.7. The van der Waals surface area contributed by atoms with E-state index in [-0.39, 0.29) is 18.5 Å². The lowest BCUT2D eigenvalue weighted by molar-refractivity contribution is -0.00495. The second-order valence-electron chi connectivity index (χ2n) is 4.43. The summed E-state index contributed by atoms with van der Waals surface area (Å²) in [6.07, 6.45) is 0.724. The Hall–Kier alpha value is -0.170. The fourth-order valence-electron chi connectivity index (χ4n) is 1.13. The van der Waals surface area contributed by atoms with Crippen LogP contribution in [0.1, 0.15) is 13.8 Å². The number of ether oxygens (including phenoxy) is 1. The highest BCUT2D eigenvalue weighted by Gasteiger charge is 2.11. The predicted molar refractivity (Wildman–Crippen MR) is 64.3 cm³/mol. The van der Waals surface area contributed by atoms with Crippen LogP contribution in [0.2, 0.25) is 0 Å². The lowest BCUT2D eigenvalue weighted by Crippen LogP contribution is -2.35. The van der Waals surface area contributed by atoms with Crippen LogP contribution in [0.15, 0.2) is 0 Å². The van der Waals surface area contributed by atoms with Gasteiger partial charge in [0.2, 0.25) is 0 Å². The lowest BCUT2D eigenvalue weighted by Gasteiger charge is -2.20. The Morgan fingerprint density at radius 2 is 1.94 bits per heavy atom. The Morgan fingerprint density at radius 1 is 1.38 bits per heavy atom. The Morgan fingerprint density at radius 3 is 2.38 bits per heavy atom. The summed E-state index contributed by atoms with van der Waals surface area (Å²) in [6.45, 7) is 4.93. The van der Waals surface area contributed by atoms with E-state index < -0.39 is 15.9 Å². The van der Waals surface area contributed by atoms with Gasteiger partial charge in [0.1, 0.15) is 9.84 Å². The van der Waals surface area contributed by atoms with E-state index >= 15 is 0 Å². The number of likely N-dealkylation sites (N-methyl/N-ethyl adjacent to an activating group) is 1. The van der Waals surface area contributed by atoms with Crippen LogP contribution >= 0.6 is 0 Å². The van der Waals surface area contributed by atoms with Crippen molar-refractivity contribution in [2.45, 2.75) is 26.1 Å². The molecule has 1 atom stereocenters. The van der Waals surface area contributed by atoms with Crippen LogP contribution in [0.4, 0.5) is 0 Å². The van der Waals surface area contributed by atoms with Gasteiger partial charge in [0.15, 0.2) is 0 Å². The fraction of sp³-hybridized carbons (Fsp3) is 1.00. The predicted octanol–water partition coefficient (Wildman–Crippen LogP) is -0.251. The maximum absolute atomic E-state index is 10.9. The van der Waals surface area contributed by atoms with Crippen molar-refractivity contribution >= 4 is 9.84 Å². The van der Waals surface area contributed by atoms with E-state index in [4.69, 9.17) is 4.74 Å². The zero-order valence-corrected chi connectivity index (χ0v) is 11.3. The third-order valence-electron chi connectivity index (χ3n) is 1.99. The van der Waals surface area contributed by atoms with Crippen molar-refractivity contribution in [1.29, 1.82) is 0 Å². The largest absolute Gasteiger partial charge is 0.389 e. The van der Waals surface area contributed by atoms with Crippen LogP contribution in [0.25, 0.3) is 0 Å². The van der Waals surface area contributed by atoms with Crippen LogP contribution in [0.5, 0.6) is 0 Å². The number of aliphatic hydroxyl groups is 1. The molecule has 0 fully saturated rings. The number of nitrogens with zero attached hydrogens (tertiary/aromatic N) is 1. The Bertz CT molecular complexity index is 277. The van der Waals surface area contributed by atoms with Crippen molar-refractivity contribution < 1.29 is 18.3 Å². The second kappa shape index (κ2) is 7.21. The average molecular weight is 253 g/mol. The number of rotatable bonds is 8. The SMILES string of the molecule is CC(C)OCC(O)CN(C)CCS(C)(=O)=O. The maximum atomic E-state index is 10.9. The summed E-state index contributed by atoms with van der Waals surface area (Å²) in [5.41, 5.74) is 0. The molecule has 1 unspecified atom stereocenters.